The van der Waals surface area contributed by atoms with E-state index >= 15 is 0 Å². The van der Waals surface area contributed by atoms with Crippen LogP contribution in [-0.4, -0.2) is 28.3 Å². The number of esters is 1. The normalized spacial score (nSPS) is 8.77. The smallest absolute Gasteiger partial charge is 0.356 e. The van der Waals surface area contributed by atoms with Crippen LogP contribution in [0, 0.1) is 0 Å². The third-order valence-electron chi connectivity index (χ3n) is 2.13. The highest BCUT2D eigenvalue weighted by molar-refractivity contribution is 7.07. The summed E-state index contributed by atoms with van der Waals surface area (Å²) in [4.78, 5) is 31.4. The maximum Gasteiger partial charge on any atom is 0.356 e. The molecule has 0 radical (unpaired) electrons. The van der Waals surface area contributed by atoms with E-state index in [1.807, 2.05) is 27.7 Å². The molecule has 0 aliphatic rings. The fourth-order valence-electron chi connectivity index (χ4n) is 1.34. The van der Waals surface area contributed by atoms with Crippen molar-refractivity contribution in [2.24, 2.45) is 0 Å². The first kappa shape index (κ1) is 19.9. The molecule has 2 aromatic rings. The monoisotopic (exact) mass is 322 g/mol. The number of aromatic nitrogens is 2. The van der Waals surface area contributed by atoms with Crippen molar-refractivity contribution in [2.45, 2.75) is 34.6 Å². The lowest BCUT2D eigenvalue weighted by atomic mass is 10.2. The van der Waals surface area contributed by atoms with Gasteiger partial charge in [0.2, 0.25) is 5.78 Å². The molecule has 0 aliphatic carbocycles. The summed E-state index contributed by atoms with van der Waals surface area (Å²) in [5, 5.41) is 1.64. The van der Waals surface area contributed by atoms with Gasteiger partial charge in [0, 0.05) is 5.38 Å². The van der Waals surface area contributed by atoms with Crippen molar-refractivity contribution in [3.63, 3.8) is 0 Å². The number of rotatable bonds is 4. The van der Waals surface area contributed by atoms with Crippen LogP contribution in [0.25, 0.3) is 0 Å². The predicted molar refractivity (Wildman–Crippen MR) is 88.4 cm³/mol. The lowest BCUT2D eigenvalue weighted by Crippen LogP contribution is -2.11. The third kappa shape index (κ3) is 5.73. The van der Waals surface area contributed by atoms with Crippen LogP contribution in [0.2, 0.25) is 0 Å². The van der Waals surface area contributed by atoms with Crippen LogP contribution in [0.1, 0.15) is 61.3 Å². The quantitative estimate of drug-likeness (QED) is 0.628. The highest BCUT2D eigenvalue weighted by Crippen LogP contribution is 2.09. The number of nitrogens with zero attached hydrogens (tertiary/aromatic N) is 2. The minimum atomic E-state index is -0.537. The van der Waals surface area contributed by atoms with Gasteiger partial charge in [-0.2, -0.15) is 0 Å². The number of carbonyl (C=O) groups is 2. The van der Waals surface area contributed by atoms with Crippen LogP contribution in [0.3, 0.4) is 0 Å². The molecule has 0 atom stereocenters. The Bertz CT molecular complexity index is 569. The fraction of sp³-hybridized carbons (Fsp3) is 0.375. The molecular weight excluding hydrogens is 300 g/mol. The first-order valence-corrected chi connectivity index (χ1v) is 8.23. The van der Waals surface area contributed by atoms with Crippen molar-refractivity contribution >= 4 is 23.1 Å². The SMILES string of the molecule is CC.CC.CCOC(=O)c1cccc(C(=O)c2cscn2)n1. The summed E-state index contributed by atoms with van der Waals surface area (Å²) >= 11 is 1.33. The summed E-state index contributed by atoms with van der Waals surface area (Å²) in [6.45, 7) is 9.98. The summed E-state index contributed by atoms with van der Waals surface area (Å²) in [7, 11) is 0. The van der Waals surface area contributed by atoms with Crippen LogP contribution in [0.4, 0.5) is 0 Å². The van der Waals surface area contributed by atoms with Gasteiger partial charge in [-0.05, 0) is 19.1 Å². The molecule has 6 heteroatoms. The van der Waals surface area contributed by atoms with E-state index in [0.717, 1.165) is 0 Å². The molecule has 0 bridgehead atoms. The number of thiazole rings is 1. The molecule has 0 saturated carbocycles. The number of pyridine rings is 1. The van der Waals surface area contributed by atoms with Gasteiger partial charge in [0.25, 0.3) is 0 Å². The molecule has 22 heavy (non-hydrogen) atoms. The Morgan fingerprint density at radius 2 is 1.73 bits per heavy atom. The minimum Gasteiger partial charge on any atom is -0.461 e. The zero-order chi connectivity index (χ0) is 17.0. The number of hydrogen-bond donors (Lipinski definition) is 0. The van der Waals surface area contributed by atoms with E-state index in [-0.39, 0.29) is 23.8 Å². The fourth-order valence-corrected chi connectivity index (χ4v) is 1.87. The Kier molecular flexibility index (Phi) is 10.5. The third-order valence-corrected chi connectivity index (χ3v) is 2.72. The summed E-state index contributed by atoms with van der Waals surface area (Å²) in [6, 6.07) is 4.65. The first-order valence-electron chi connectivity index (χ1n) is 7.29. The zero-order valence-corrected chi connectivity index (χ0v) is 14.4. The summed E-state index contributed by atoms with van der Waals surface area (Å²) in [6.07, 6.45) is 0. The van der Waals surface area contributed by atoms with Gasteiger partial charge < -0.3 is 4.74 Å². The van der Waals surface area contributed by atoms with Gasteiger partial charge in [0.15, 0.2) is 0 Å². The van der Waals surface area contributed by atoms with Crippen LogP contribution in [0.5, 0.6) is 0 Å². The molecule has 2 heterocycles. The highest BCUT2D eigenvalue weighted by Gasteiger charge is 2.15. The highest BCUT2D eigenvalue weighted by atomic mass is 32.1. The lowest BCUT2D eigenvalue weighted by molar-refractivity contribution is 0.0519. The Morgan fingerprint density at radius 3 is 2.27 bits per heavy atom. The van der Waals surface area contributed by atoms with E-state index in [1.165, 1.54) is 17.4 Å². The molecule has 0 spiro atoms. The number of carbonyl (C=O) groups excluding carboxylic acids is 2. The van der Waals surface area contributed by atoms with Crippen molar-refractivity contribution < 1.29 is 14.3 Å². The van der Waals surface area contributed by atoms with Gasteiger partial charge in [0.1, 0.15) is 17.1 Å². The summed E-state index contributed by atoms with van der Waals surface area (Å²) in [5.74, 6) is -0.840. The van der Waals surface area contributed by atoms with E-state index < -0.39 is 5.97 Å². The topological polar surface area (TPSA) is 69.2 Å². The summed E-state index contributed by atoms with van der Waals surface area (Å²) < 4.78 is 4.83. The Labute approximate surface area is 135 Å². The van der Waals surface area contributed by atoms with E-state index in [0.29, 0.717) is 5.69 Å². The summed E-state index contributed by atoms with van der Waals surface area (Å²) in [5.41, 5.74) is 2.21. The first-order chi connectivity index (χ1) is 10.7. The molecule has 0 saturated heterocycles. The Hall–Kier alpha value is -2.08. The molecule has 0 N–H and O–H groups in total. The van der Waals surface area contributed by atoms with E-state index in [1.54, 1.807) is 29.9 Å². The molecular formula is C16H22N2O3S. The van der Waals surface area contributed by atoms with E-state index in [4.69, 9.17) is 4.74 Å². The molecule has 0 amide bonds. The number of ether oxygens (including phenoxy) is 1. The van der Waals surface area contributed by atoms with Crippen molar-refractivity contribution in [2.75, 3.05) is 6.61 Å². The van der Waals surface area contributed by atoms with Crippen LogP contribution >= 0.6 is 11.3 Å². The van der Waals surface area contributed by atoms with Crippen molar-refractivity contribution in [1.29, 1.82) is 0 Å². The van der Waals surface area contributed by atoms with Crippen molar-refractivity contribution in [1.82, 2.24) is 9.97 Å². The molecule has 0 aliphatic heterocycles. The van der Waals surface area contributed by atoms with Gasteiger partial charge in [0.05, 0.1) is 12.1 Å². The molecule has 2 aromatic heterocycles. The number of hydrogen-bond acceptors (Lipinski definition) is 6. The maximum atomic E-state index is 12.0. The molecule has 0 fully saturated rings. The molecule has 5 nitrogen and oxygen atoms in total. The second-order valence-corrected chi connectivity index (χ2v) is 4.05. The van der Waals surface area contributed by atoms with E-state index in [9.17, 15) is 9.59 Å². The predicted octanol–water partition coefficient (Wildman–Crippen LogP) is 4.00. The molecule has 0 unspecified atom stereocenters. The average molecular weight is 322 g/mol. The molecule has 2 rings (SSSR count). The van der Waals surface area contributed by atoms with Gasteiger partial charge in [-0.15, -0.1) is 11.3 Å². The Balaban J connectivity index is 0.00000102. The minimum absolute atomic E-state index is 0.123. The second kappa shape index (κ2) is 11.6. The van der Waals surface area contributed by atoms with Crippen LogP contribution < -0.4 is 0 Å². The Morgan fingerprint density at radius 1 is 1.09 bits per heavy atom. The van der Waals surface area contributed by atoms with Gasteiger partial charge >= 0.3 is 5.97 Å². The van der Waals surface area contributed by atoms with Crippen LogP contribution in [-0.2, 0) is 4.74 Å². The zero-order valence-electron chi connectivity index (χ0n) is 13.6. The van der Waals surface area contributed by atoms with Gasteiger partial charge in [-0.3, -0.25) is 4.79 Å². The molecule has 0 aromatic carbocycles. The standard InChI is InChI=1S/C12H10N2O3S.2C2H6/c1-2-17-12(16)9-5-3-4-8(14-9)11(15)10-6-18-7-13-10;2*1-2/h3-7H,2H2,1H3;2*1-2H3. The van der Waals surface area contributed by atoms with Gasteiger partial charge in [-0.1, -0.05) is 33.8 Å². The van der Waals surface area contributed by atoms with E-state index in [2.05, 4.69) is 9.97 Å². The van der Waals surface area contributed by atoms with Gasteiger partial charge in [-0.25, -0.2) is 14.8 Å². The second-order valence-electron chi connectivity index (χ2n) is 3.33. The largest absolute Gasteiger partial charge is 0.461 e. The number of ketones is 1. The lowest BCUT2D eigenvalue weighted by Gasteiger charge is -2.02. The van der Waals surface area contributed by atoms with Crippen LogP contribution in [0.15, 0.2) is 29.1 Å². The van der Waals surface area contributed by atoms with Crippen molar-refractivity contribution in [3.05, 3.63) is 46.2 Å². The van der Waals surface area contributed by atoms with Crippen molar-refractivity contribution in [3.8, 4) is 0 Å². The maximum absolute atomic E-state index is 12.0. The molecule has 120 valence electrons. The average Bonchev–Trinajstić information content (AvgIpc) is 3.13.